The Kier molecular flexibility index (Phi) is 4.43. The molecule has 1 aliphatic rings. The van der Waals surface area contributed by atoms with Crippen molar-refractivity contribution in [2.45, 2.75) is 19.4 Å². The Morgan fingerprint density at radius 2 is 2.00 bits per heavy atom. The van der Waals surface area contributed by atoms with Gasteiger partial charge >= 0.3 is 0 Å². The first-order valence-electron chi connectivity index (χ1n) is 8.25. The fourth-order valence-corrected chi connectivity index (χ4v) is 3.68. The molecule has 3 heterocycles. The number of aromatic nitrogens is 2. The van der Waals surface area contributed by atoms with Crippen LogP contribution in [0.15, 0.2) is 54.0 Å². The molecule has 0 bridgehead atoms. The zero-order chi connectivity index (χ0) is 17.1. The largest absolute Gasteiger partial charge is 0.338 e. The number of amides is 1. The number of pyridine rings is 1. The molecule has 1 amide bonds. The minimum absolute atomic E-state index is 0.129. The summed E-state index contributed by atoms with van der Waals surface area (Å²) in [6, 6.07) is 14.0. The molecule has 2 aromatic heterocycles. The monoisotopic (exact) mass is 350 g/mol. The van der Waals surface area contributed by atoms with Gasteiger partial charge in [0.1, 0.15) is 5.82 Å². The minimum Gasteiger partial charge on any atom is -0.338 e. The highest BCUT2D eigenvalue weighted by molar-refractivity contribution is 7.13. The van der Waals surface area contributed by atoms with Crippen LogP contribution in [0.2, 0.25) is 0 Å². The van der Waals surface area contributed by atoms with Crippen LogP contribution in [-0.2, 0) is 24.2 Å². The van der Waals surface area contributed by atoms with E-state index in [1.165, 1.54) is 22.5 Å². The van der Waals surface area contributed by atoms with Gasteiger partial charge in [-0.2, -0.15) is 0 Å². The van der Waals surface area contributed by atoms with E-state index < -0.39 is 0 Å². The van der Waals surface area contributed by atoms with Gasteiger partial charge in [-0.05, 0) is 29.7 Å². The van der Waals surface area contributed by atoms with E-state index in [4.69, 9.17) is 0 Å². The number of benzene rings is 1. The SMILES string of the molecule is O=C(Cc1csc(Nc2ccccn2)n1)N1CCc2ccccc2C1. The molecule has 1 aliphatic heterocycles. The van der Waals surface area contributed by atoms with Crippen molar-refractivity contribution in [2.24, 2.45) is 0 Å². The Bertz CT molecular complexity index is 878. The maximum atomic E-state index is 12.6. The molecule has 0 unspecified atom stereocenters. The Morgan fingerprint density at radius 1 is 1.16 bits per heavy atom. The number of rotatable bonds is 4. The molecule has 0 saturated carbocycles. The van der Waals surface area contributed by atoms with E-state index in [1.54, 1.807) is 6.20 Å². The van der Waals surface area contributed by atoms with E-state index in [0.29, 0.717) is 13.0 Å². The first kappa shape index (κ1) is 15.8. The molecule has 0 spiro atoms. The van der Waals surface area contributed by atoms with Crippen LogP contribution in [0.3, 0.4) is 0 Å². The van der Waals surface area contributed by atoms with Gasteiger partial charge in [0.05, 0.1) is 12.1 Å². The second-order valence-corrected chi connectivity index (χ2v) is 6.85. The van der Waals surface area contributed by atoms with E-state index in [1.807, 2.05) is 34.5 Å². The Balaban J connectivity index is 1.39. The second kappa shape index (κ2) is 7.03. The van der Waals surface area contributed by atoms with Gasteiger partial charge in [-0.15, -0.1) is 11.3 Å². The number of anilines is 2. The number of nitrogens with zero attached hydrogens (tertiary/aromatic N) is 3. The quantitative estimate of drug-likeness (QED) is 0.783. The summed E-state index contributed by atoms with van der Waals surface area (Å²) in [4.78, 5) is 23.3. The van der Waals surface area contributed by atoms with Crippen LogP contribution in [-0.4, -0.2) is 27.3 Å². The zero-order valence-electron chi connectivity index (χ0n) is 13.7. The normalized spacial score (nSPS) is 13.4. The molecule has 0 atom stereocenters. The number of carbonyl (C=O) groups excluding carboxylic acids is 1. The Hall–Kier alpha value is -2.73. The third-order valence-corrected chi connectivity index (χ3v) is 5.07. The van der Waals surface area contributed by atoms with Crippen molar-refractivity contribution in [1.82, 2.24) is 14.9 Å². The third-order valence-electron chi connectivity index (χ3n) is 4.27. The van der Waals surface area contributed by atoms with E-state index in [9.17, 15) is 4.79 Å². The lowest BCUT2D eigenvalue weighted by Gasteiger charge is -2.28. The summed E-state index contributed by atoms with van der Waals surface area (Å²) in [5.41, 5.74) is 3.40. The van der Waals surface area contributed by atoms with Crippen LogP contribution in [0.1, 0.15) is 16.8 Å². The second-order valence-electron chi connectivity index (χ2n) is 5.99. The highest BCUT2D eigenvalue weighted by atomic mass is 32.1. The number of hydrogen-bond donors (Lipinski definition) is 1. The number of fused-ring (bicyclic) bond motifs is 1. The topological polar surface area (TPSA) is 58.1 Å². The summed E-state index contributed by atoms with van der Waals surface area (Å²) in [7, 11) is 0. The molecule has 5 nitrogen and oxygen atoms in total. The molecule has 1 N–H and O–H groups in total. The molecule has 0 saturated heterocycles. The first-order chi connectivity index (χ1) is 12.3. The Labute approximate surface area is 150 Å². The van der Waals surface area contributed by atoms with Crippen LogP contribution in [0.5, 0.6) is 0 Å². The van der Waals surface area contributed by atoms with Crippen LogP contribution in [0, 0.1) is 0 Å². The molecule has 3 aromatic rings. The van der Waals surface area contributed by atoms with Gasteiger partial charge in [0.15, 0.2) is 5.13 Å². The van der Waals surface area contributed by atoms with Crippen molar-refractivity contribution < 1.29 is 4.79 Å². The van der Waals surface area contributed by atoms with Crippen molar-refractivity contribution in [2.75, 3.05) is 11.9 Å². The summed E-state index contributed by atoms with van der Waals surface area (Å²) in [6.45, 7) is 1.47. The highest BCUT2D eigenvalue weighted by Gasteiger charge is 2.21. The van der Waals surface area contributed by atoms with Gasteiger partial charge in [-0.1, -0.05) is 30.3 Å². The first-order valence-corrected chi connectivity index (χ1v) is 9.13. The smallest absolute Gasteiger partial charge is 0.228 e. The lowest BCUT2D eigenvalue weighted by atomic mass is 10.00. The number of carbonyl (C=O) groups is 1. The summed E-state index contributed by atoms with van der Waals surface area (Å²) in [5, 5.41) is 5.85. The average Bonchev–Trinajstić information content (AvgIpc) is 3.09. The Morgan fingerprint density at radius 3 is 2.84 bits per heavy atom. The number of hydrogen-bond acceptors (Lipinski definition) is 5. The van der Waals surface area contributed by atoms with E-state index in [-0.39, 0.29) is 5.91 Å². The van der Waals surface area contributed by atoms with Crippen molar-refractivity contribution in [3.8, 4) is 0 Å². The molecule has 6 heteroatoms. The van der Waals surface area contributed by atoms with Crippen LogP contribution < -0.4 is 5.32 Å². The third kappa shape index (κ3) is 3.69. The molecule has 0 fully saturated rings. The highest BCUT2D eigenvalue weighted by Crippen LogP contribution is 2.22. The fourth-order valence-electron chi connectivity index (χ4n) is 2.97. The van der Waals surface area contributed by atoms with E-state index >= 15 is 0 Å². The van der Waals surface area contributed by atoms with Crippen molar-refractivity contribution >= 4 is 28.2 Å². The fraction of sp³-hybridized carbons (Fsp3) is 0.211. The number of thiazole rings is 1. The van der Waals surface area contributed by atoms with Crippen LogP contribution >= 0.6 is 11.3 Å². The zero-order valence-corrected chi connectivity index (χ0v) is 14.5. The minimum atomic E-state index is 0.129. The molecular formula is C19H18N4OS. The maximum Gasteiger partial charge on any atom is 0.228 e. The van der Waals surface area contributed by atoms with Gasteiger partial charge in [-0.3, -0.25) is 4.79 Å². The lowest BCUT2D eigenvalue weighted by Crippen LogP contribution is -2.36. The summed E-state index contributed by atoms with van der Waals surface area (Å²) < 4.78 is 0. The molecule has 0 radical (unpaired) electrons. The summed E-state index contributed by atoms with van der Waals surface area (Å²) in [5.74, 6) is 0.881. The van der Waals surface area contributed by atoms with E-state index in [2.05, 4.69) is 33.5 Å². The maximum absolute atomic E-state index is 12.6. The van der Waals surface area contributed by atoms with Crippen LogP contribution in [0.25, 0.3) is 0 Å². The van der Waals surface area contributed by atoms with E-state index in [0.717, 1.165) is 29.6 Å². The molecule has 4 rings (SSSR count). The summed E-state index contributed by atoms with van der Waals surface area (Å²) >= 11 is 1.49. The van der Waals surface area contributed by atoms with Crippen molar-refractivity contribution in [3.63, 3.8) is 0 Å². The lowest BCUT2D eigenvalue weighted by molar-refractivity contribution is -0.131. The van der Waals surface area contributed by atoms with Crippen molar-refractivity contribution in [3.05, 3.63) is 70.9 Å². The van der Waals surface area contributed by atoms with Gasteiger partial charge in [-0.25, -0.2) is 9.97 Å². The van der Waals surface area contributed by atoms with Gasteiger partial charge < -0.3 is 10.2 Å². The molecular weight excluding hydrogens is 332 g/mol. The molecule has 126 valence electrons. The average molecular weight is 350 g/mol. The molecule has 25 heavy (non-hydrogen) atoms. The van der Waals surface area contributed by atoms with Gasteiger partial charge in [0.2, 0.25) is 5.91 Å². The predicted octanol–water partition coefficient (Wildman–Crippen LogP) is 3.41. The molecule has 1 aromatic carbocycles. The standard InChI is InChI=1S/C19H18N4OS/c24-18(23-10-8-14-5-1-2-6-15(14)12-23)11-16-13-25-19(21-16)22-17-7-3-4-9-20-17/h1-7,9,13H,8,10-12H2,(H,20,21,22). The summed E-state index contributed by atoms with van der Waals surface area (Å²) in [6.07, 6.45) is 2.99. The predicted molar refractivity (Wildman–Crippen MR) is 98.9 cm³/mol. The van der Waals surface area contributed by atoms with Crippen molar-refractivity contribution in [1.29, 1.82) is 0 Å². The molecule has 0 aliphatic carbocycles. The van der Waals surface area contributed by atoms with Crippen LogP contribution in [0.4, 0.5) is 10.9 Å². The van der Waals surface area contributed by atoms with Gasteiger partial charge in [0.25, 0.3) is 0 Å². The van der Waals surface area contributed by atoms with Gasteiger partial charge in [0, 0.05) is 24.7 Å². The number of nitrogens with one attached hydrogen (secondary N) is 1.